The van der Waals surface area contributed by atoms with Gasteiger partial charge < -0.3 is 14.9 Å². The molecule has 29 heavy (non-hydrogen) atoms. The highest BCUT2D eigenvalue weighted by Gasteiger charge is 2.80. The maximum absolute atomic E-state index is 10.8. The normalized spacial score (nSPS) is 62.3. The standard InChI is InChI=1S/C26H42O3/c1-22(2)20-6-5-16-18-13-19-17(7-9-23(3,15-27)29-19)24(18,4)11-12-25(16)14-26(20,25)10-8-21(22)28/h16-21,27-28H,5-15H2,1-4H3/t16?,17?,18?,19?,20?,21-,23+,24+,25-,26+/m0/s1. The molecule has 3 nitrogen and oxygen atoms in total. The van der Waals surface area contributed by atoms with Crippen molar-refractivity contribution in [2.75, 3.05) is 6.61 Å². The highest BCUT2D eigenvalue weighted by molar-refractivity contribution is 5.29. The van der Waals surface area contributed by atoms with Crippen LogP contribution in [0.4, 0.5) is 0 Å². The van der Waals surface area contributed by atoms with Crippen LogP contribution in [0.2, 0.25) is 0 Å². The molecule has 1 saturated heterocycles. The lowest BCUT2D eigenvalue weighted by Gasteiger charge is -2.59. The minimum Gasteiger partial charge on any atom is -0.393 e. The molecular formula is C26H42O3. The number of fused-ring (bicyclic) bond motifs is 4. The van der Waals surface area contributed by atoms with E-state index in [1.54, 1.807) is 0 Å². The Hall–Kier alpha value is -0.120. The third-order valence-corrected chi connectivity index (χ3v) is 12.2. The minimum atomic E-state index is -0.315. The summed E-state index contributed by atoms with van der Waals surface area (Å²) >= 11 is 0. The third-order valence-electron chi connectivity index (χ3n) is 12.2. The largest absolute Gasteiger partial charge is 0.393 e. The van der Waals surface area contributed by atoms with E-state index in [2.05, 4.69) is 27.7 Å². The molecule has 6 aliphatic rings. The van der Waals surface area contributed by atoms with E-state index in [0.717, 1.165) is 30.6 Å². The lowest BCUT2D eigenvalue weighted by molar-refractivity contribution is -0.167. The van der Waals surface area contributed by atoms with Gasteiger partial charge in [-0.15, -0.1) is 0 Å². The van der Waals surface area contributed by atoms with Crippen LogP contribution < -0.4 is 0 Å². The number of hydrogen-bond donors (Lipinski definition) is 2. The highest BCUT2D eigenvalue weighted by atomic mass is 16.5. The van der Waals surface area contributed by atoms with Crippen LogP contribution in [-0.4, -0.2) is 34.6 Å². The fraction of sp³-hybridized carbons (Fsp3) is 1.00. The molecule has 164 valence electrons. The smallest absolute Gasteiger partial charge is 0.0888 e. The van der Waals surface area contributed by atoms with Gasteiger partial charge in [-0.2, -0.15) is 0 Å². The number of aliphatic hydroxyl groups excluding tert-OH is 2. The van der Waals surface area contributed by atoms with E-state index >= 15 is 0 Å². The van der Waals surface area contributed by atoms with Crippen LogP contribution >= 0.6 is 0 Å². The predicted octanol–water partition coefficient (Wildman–Crippen LogP) is 4.94. The van der Waals surface area contributed by atoms with Gasteiger partial charge in [0, 0.05) is 0 Å². The Labute approximate surface area is 177 Å². The van der Waals surface area contributed by atoms with Crippen LogP contribution in [0.5, 0.6) is 0 Å². The van der Waals surface area contributed by atoms with Crippen molar-refractivity contribution in [1.29, 1.82) is 0 Å². The molecule has 6 fully saturated rings. The van der Waals surface area contributed by atoms with Gasteiger partial charge in [-0.25, -0.2) is 0 Å². The SMILES string of the molecule is CC1(C)C2CCC3C4CC5O[C@@](C)(CO)CCC5[C@@]4(C)CC[C@]34C[C@]24CC[C@@H]1O. The monoisotopic (exact) mass is 402 g/mol. The lowest BCUT2D eigenvalue weighted by atomic mass is 9.46. The van der Waals surface area contributed by atoms with Crippen molar-refractivity contribution in [1.82, 2.24) is 0 Å². The van der Waals surface area contributed by atoms with Gasteiger partial charge in [0.1, 0.15) is 0 Å². The summed E-state index contributed by atoms with van der Waals surface area (Å²) in [6, 6.07) is 0. The lowest BCUT2D eigenvalue weighted by Crippen LogP contribution is -2.54. The van der Waals surface area contributed by atoms with Gasteiger partial charge in [0.25, 0.3) is 0 Å². The second-order valence-electron chi connectivity index (χ2n) is 13.4. The fourth-order valence-corrected chi connectivity index (χ4v) is 10.6. The molecule has 6 rings (SSSR count). The molecule has 0 aromatic rings. The van der Waals surface area contributed by atoms with Gasteiger partial charge in [-0.3, -0.25) is 0 Å². The average Bonchev–Trinajstić information content (AvgIpc) is 3.26. The molecule has 2 spiro atoms. The van der Waals surface area contributed by atoms with Crippen molar-refractivity contribution >= 4 is 0 Å². The summed E-state index contributed by atoms with van der Waals surface area (Å²) in [5, 5.41) is 20.7. The molecule has 1 aliphatic heterocycles. The molecule has 5 unspecified atom stereocenters. The molecule has 0 amide bonds. The summed E-state index contributed by atoms with van der Waals surface area (Å²) in [5.74, 6) is 3.10. The predicted molar refractivity (Wildman–Crippen MR) is 113 cm³/mol. The zero-order chi connectivity index (χ0) is 20.4. The summed E-state index contributed by atoms with van der Waals surface area (Å²) in [4.78, 5) is 0. The van der Waals surface area contributed by atoms with E-state index in [1.165, 1.54) is 51.4 Å². The molecule has 3 heteroatoms. The molecular weight excluding hydrogens is 360 g/mol. The Bertz CT molecular complexity index is 719. The molecule has 2 N–H and O–H groups in total. The minimum absolute atomic E-state index is 0.0865. The van der Waals surface area contributed by atoms with Gasteiger partial charge in [0.15, 0.2) is 0 Å². The Balaban J connectivity index is 1.32. The summed E-state index contributed by atoms with van der Waals surface area (Å²) in [7, 11) is 0. The van der Waals surface area contributed by atoms with Gasteiger partial charge >= 0.3 is 0 Å². The maximum atomic E-state index is 10.8. The van der Waals surface area contributed by atoms with E-state index in [9.17, 15) is 10.2 Å². The van der Waals surface area contributed by atoms with Crippen LogP contribution in [-0.2, 0) is 4.74 Å². The Morgan fingerprint density at radius 1 is 0.828 bits per heavy atom. The van der Waals surface area contributed by atoms with Crippen molar-refractivity contribution < 1.29 is 14.9 Å². The maximum Gasteiger partial charge on any atom is 0.0888 e. The topological polar surface area (TPSA) is 49.7 Å². The van der Waals surface area contributed by atoms with Crippen LogP contribution in [0.15, 0.2) is 0 Å². The number of rotatable bonds is 1. The molecule has 10 atom stereocenters. The van der Waals surface area contributed by atoms with Gasteiger partial charge in [0.05, 0.1) is 24.4 Å². The average molecular weight is 403 g/mol. The zero-order valence-electron chi connectivity index (χ0n) is 19.0. The quantitative estimate of drug-likeness (QED) is 0.653. The van der Waals surface area contributed by atoms with E-state index in [-0.39, 0.29) is 23.7 Å². The Morgan fingerprint density at radius 2 is 1.62 bits per heavy atom. The van der Waals surface area contributed by atoms with Gasteiger partial charge in [-0.05, 0) is 116 Å². The van der Waals surface area contributed by atoms with Crippen LogP contribution in [0.1, 0.15) is 91.9 Å². The van der Waals surface area contributed by atoms with Crippen molar-refractivity contribution in [2.45, 2.75) is 110 Å². The van der Waals surface area contributed by atoms with Gasteiger partial charge in [0.2, 0.25) is 0 Å². The first kappa shape index (κ1) is 19.6. The molecule has 0 bridgehead atoms. The van der Waals surface area contributed by atoms with Crippen LogP contribution in [0.25, 0.3) is 0 Å². The molecule has 0 radical (unpaired) electrons. The number of aliphatic hydroxyl groups is 2. The molecule has 0 aromatic carbocycles. The first-order chi connectivity index (χ1) is 13.6. The third kappa shape index (κ3) is 2.16. The first-order valence-electron chi connectivity index (χ1n) is 12.6. The molecule has 5 saturated carbocycles. The molecule has 1 heterocycles. The first-order valence-corrected chi connectivity index (χ1v) is 12.6. The van der Waals surface area contributed by atoms with Crippen molar-refractivity contribution in [3.05, 3.63) is 0 Å². The second-order valence-corrected chi connectivity index (χ2v) is 13.4. The summed E-state index contributed by atoms with van der Waals surface area (Å²) in [5.41, 5.74) is 1.32. The Kier molecular flexibility index (Phi) is 3.79. The molecule has 0 aromatic heterocycles. The molecule has 5 aliphatic carbocycles. The summed E-state index contributed by atoms with van der Waals surface area (Å²) in [6.07, 6.45) is 13.0. The summed E-state index contributed by atoms with van der Waals surface area (Å²) < 4.78 is 6.60. The van der Waals surface area contributed by atoms with Crippen LogP contribution in [0.3, 0.4) is 0 Å². The highest BCUT2D eigenvalue weighted by Crippen LogP contribution is 2.87. The van der Waals surface area contributed by atoms with Crippen LogP contribution in [0, 0.1) is 45.3 Å². The summed E-state index contributed by atoms with van der Waals surface area (Å²) in [6.45, 7) is 9.60. The Morgan fingerprint density at radius 3 is 2.38 bits per heavy atom. The van der Waals surface area contributed by atoms with E-state index in [1.807, 2.05) is 0 Å². The fourth-order valence-electron chi connectivity index (χ4n) is 10.6. The zero-order valence-corrected chi connectivity index (χ0v) is 19.0. The van der Waals surface area contributed by atoms with Gasteiger partial charge in [-0.1, -0.05) is 20.8 Å². The van der Waals surface area contributed by atoms with Crippen molar-refractivity contribution in [2.24, 2.45) is 45.3 Å². The van der Waals surface area contributed by atoms with E-state index in [0.29, 0.717) is 28.3 Å². The van der Waals surface area contributed by atoms with Crippen molar-refractivity contribution in [3.8, 4) is 0 Å². The van der Waals surface area contributed by atoms with E-state index < -0.39 is 0 Å². The van der Waals surface area contributed by atoms with Crippen molar-refractivity contribution in [3.63, 3.8) is 0 Å². The van der Waals surface area contributed by atoms with E-state index in [4.69, 9.17) is 4.74 Å². The second kappa shape index (κ2) is 5.62. The number of hydrogen-bond acceptors (Lipinski definition) is 3. The number of ether oxygens (including phenoxy) is 1.